The van der Waals surface area contributed by atoms with E-state index >= 15 is 0 Å². The number of nitrogens with zero attached hydrogens (tertiary/aromatic N) is 3. The summed E-state index contributed by atoms with van der Waals surface area (Å²) in [4.78, 5) is 4.34. The van der Waals surface area contributed by atoms with Crippen LogP contribution < -0.4 is 5.73 Å². The first-order chi connectivity index (χ1) is 9.92. The number of ether oxygens (including phenoxy) is 1. The summed E-state index contributed by atoms with van der Waals surface area (Å²) < 4.78 is 7.64. The second-order valence-electron chi connectivity index (χ2n) is 5.70. The van der Waals surface area contributed by atoms with E-state index in [9.17, 15) is 0 Å². The highest BCUT2D eigenvalue weighted by Gasteiger charge is 2.10. The molecule has 116 valence electrons. The van der Waals surface area contributed by atoms with Crippen molar-refractivity contribution in [1.29, 1.82) is 0 Å². The fraction of sp³-hybridized carbons (Fsp3) is 0.429. The predicted octanol–water partition coefficient (Wildman–Crippen LogP) is 1.80. The first-order valence-electron chi connectivity index (χ1n) is 6.58. The molecule has 0 aliphatic rings. The Balaban J connectivity index is 2.12. The Kier molecular flexibility index (Phi) is 4.74. The van der Waals surface area contributed by atoms with Crippen LogP contribution in [0.5, 0.6) is 0 Å². The molecule has 0 spiro atoms. The predicted molar refractivity (Wildman–Crippen MR) is 88.4 cm³/mol. The largest absolute Gasteiger partial charge is 0.409 e. The van der Waals surface area contributed by atoms with E-state index < -0.39 is 10.0 Å². The zero-order valence-corrected chi connectivity index (χ0v) is 13.4. The van der Waals surface area contributed by atoms with Crippen LogP contribution in [0.4, 0.5) is 0 Å². The number of amidine groups is 1. The quantitative estimate of drug-likeness (QED) is 0.280. The lowest BCUT2D eigenvalue weighted by Crippen LogP contribution is -2.14. The Bertz CT molecular complexity index is 646. The zero-order valence-electron chi connectivity index (χ0n) is 12.6. The summed E-state index contributed by atoms with van der Waals surface area (Å²) in [6.45, 7) is 1.18. The Morgan fingerprint density at radius 1 is 1.43 bits per heavy atom. The highest BCUT2D eigenvalue weighted by atomic mass is 32.3. The van der Waals surface area contributed by atoms with Gasteiger partial charge in [0.2, 0.25) is 0 Å². The molecule has 0 aromatic carbocycles. The van der Waals surface area contributed by atoms with Crippen LogP contribution in [-0.4, -0.2) is 51.7 Å². The SMILES string of the molecule is CS(C)(C)CCOCn1ccc2c(C(N)=NO)ccnc21. The van der Waals surface area contributed by atoms with Crippen LogP contribution >= 0.6 is 10.0 Å². The maximum absolute atomic E-state index is 8.82. The molecule has 0 aliphatic carbocycles. The summed E-state index contributed by atoms with van der Waals surface area (Å²) in [7, 11) is -0.539. The molecule has 0 saturated heterocycles. The lowest BCUT2D eigenvalue weighted by molar-refractivity contribution is 0.0924. The standard InChI is InChI=1S/C14H22N4O2S/c1-21(2,3)9-8-20-10-18-7-5-12-11(13(15)17-19)4-6-16-14(12)18/h4-7,19H,8-10H2,1-3H3,(H2,15,17). The molecule has 0 amide bonds. The minimum Gasteiger partial charge on any atom is -0.409 e. The van der Waals surface area contributed by atoms with E-state index in [1.165, 1.54) is 0 Å². The fourth-order valence-electron chi connectivity index (χ4n) is 1.94. The van der Waals surface area contributed by atoms with E-state index in [-0.39, 0.29) is 5.84 Å². The van der Waals surface area contributed by atoms with E-state index in [0.717, 1.165) is 23.4 Å². The highest BCUT2D eigenvalue weighted by molar-refractivity contribution is 8.32. The zero-order chi connectivity index (χ0) is 15.5. The highest BCUT2D eigenvalue weighted by Crippen LogP contribution is 2.33. The number of hydrogen-bond donors (Lipinski definition) is 2. The Hall–Kier alpha value is -1.73. The molecular formula is C14H22N4O2S. The Morgan fingerprint density at radius 3 is 2.86 bits per heavy atom. The van der Waals surface area contributed by atoms with Crippen LogP contribution in [-0.2, 0) is 11.5 Å². The minimum absolute atomic E-state index is 0.0809. The molecule has 2 rings (SSSR count). The van der Waals surface area contributed by atoms with E-state index in [1.54, 1.807) is 12.3 Å². The van der Waals surface area contributed by atoms with Crippen molar-refractivity contribution in [2.24, 2.45) is 10.9 Å². The van der Waals surface area contributed by atoms with Crippen LogP contribution in [0.15, 0.2) is 29.7 Å². The normalized spacial score (nSPS) is 13.8. The molecule has 0 aliphatic heterocycles. The summed E-state index contributed by atoms with van der Waals surface area (Å²) in [6.07, 6.45) is 10.4. The average molecular weight is 310 g/mol. The number of aromatic nitrogens is 2. The van der Waals surface area contributed by atoms with Crippen LogP contribution in [0.3, 0.4) is 0 Å². The first-order valence-corrected chi connectivity index (χ1v) is 9.60. The number of fused-ring (bicyclic) bond motifs is 1. The van der Waals surface area contributed by atoms with E-state index in [1.807, 2.05) is 16.8 Å². The van der Waals surface area contributed by atoms with E-state index in [2.05, 4.69) is 28.9 Å². The minimum atomic E-state index is -0.539. The van der Waals surface area contributed by atoms with Crippen molar-refractivity contribution in [2.45, 2.75) is 6.73 Å². The van der Waals surface area contributed by atoms with Gasteiger partial charge in [-0.25, -0.2) is 15.0 Å². The van der Waals surface area contributed by atoms with Gasteiger partial charge in [-0.1, -0.05) is 5.16 Å². The molecule has 0 unspecified atom stereocenters. The van der Waals surface area contributed by atoms with Gasteiger partial charge in [-0.3, -0.25) is 0 Å². The van der Waals surface area contributed by atoms with Crippen molar-refractivity contribution in [1.82, 2.24) is 9.55 Å². The third-order valence-electron chi connectivity index (χ3n) is 3.12. The molecule has 2 aromatic rings. The van der Waals surface area contributed by atoms with Crippen LogP contribution in [0.25, 0.3) is 11.0 Å². The molecule has 3 N–H and O–H groups in total. The number of hydrogen-bond acceptors (Lipinski definition) is 4. The van der Waals surface area contributed by atoms with Crippen molar-refractivity contribution in [3.05, 3.63) is 30.1 Å². The molecule has 7 heteroatoms. The topological polar surface area (TPSA) is 85.7 Å². The maximum atomic E-state index is 8.82. The van der Waals surface area contributed by atoms with Crippen molar-refractivity contribution in [2.75, 3.05) is 31.1 Å². The first kappa shape index (κ1) is 15.7. The Labute approximate surface area is 125 Å². The van der Waals surface area contributed by atoms with Crippen molar-refractivity contribution in [3.8, 4) is 0 Å². The van der Waals surface area contributed by atoms with Gasteiger partial charge < -0.3 is 20.2 Å². The number of pyridine rings is 1. The van der Waals surface area contributed by atoms with Crippen molar-refractivity contribution >= 4 is 26.9 Å². The van der Waals surface area contributed by atoms with Crippen molar-refractivity contribution in [3.63, 3.8) is 0 Å². The average Bonchev–Trinajstić information content (AvgIpc) is 2.85. The molecule has 0 saturated carbocycles. The number of oxime groups is 1. The molecule has 0 fully saturated rings. The maximum Gasteiger partial charge on any atom is 0.170 e. The molecule has 0 atom stereocenters. The molecule has 2 aromatic heterocycles. The van der Waals surface area contributed by atoms with Crippen molar-refractivity contribution < 1.29 is 9.94 Å². The van der Waals surface area contributed by atoms with Crippen LogP contribution in [0, 0.1) is 0 Å². The van der Waals surface area contributed by atoms with Gasteiger partial charge in [-0.15, -0.1) is 0 Å². The van der Waals surface area contributed by atoms with E-state index in [4.69, 9.17) is 15.7 Å². The smallest absolute Gasteiger partial charge is 0.170 e. The van der Waals surface area contributed by atoms with Gasteiger partial charge in [0.25, 0.3) is 0 Å². The van der Waals surface area contributed by atoms with Gasteiger partial charge in [0.1, 0.15) is 12.4 Å². The van der Waals surface area contributed by atoms with Gasteiger partial charge in [-0.2, -0.15) is 0 Å². The molecule has 21 heavy (non-hydrogen) atoms. The van der Waals surface area contributed by atoms with Gasteiger partial charge in [0.15, 0.2) is 5.84 Å². The van der Waals surface area contributed by atoms with Crippen LogP contribution in [0.1, 0.15) is 5.56 Å². The third-order valence-corrected chi connectivity index (χ3v) is 4.51. The molecular weight excluding hydrogens is 288 g/mol. The lowest BCUT2D eigenvalue weighted by Gasteiger charge is -2.24. The summed E-state index contributed by atoms with van der Waals surface area (Å²) in [5.41, 5.74) is 7.11. The van der Waals surface area contributed by atoms with Crippen LogP contribution in [0.2, 0.25) is 0 Å². The molecule has 0 radical (unpaired) electrons. The van der Waals surface area contributed by atoms with Gasteiger partial charge >= 0.3 is 0 Å². The lowest BCUT2D eigenvalue weighted by atomic mass is 10.2. The molecule has 0 bridgehead atoms. The summed E-state index contributed by atoms with van der Waals surface area (Å²) in [5, 5.41) is 12.7. The summed E-state index contributed by atoms with van der Waals surface area (Å²) >= 11 is 0. The fourth-order valence-corrected chi connectivity index (χ4v) is 2.56. The second kappa shape index (κ2) is 6.36. The van der Waals surface area contributed by atoms with Gasteiger partial charge in [0, 0.05) is 29.1 Å². The third kappa shape index (κ3) is 3.89. The molecule has 6 nitrogen and oxygen atoms in total. The van der Waals surface area contributed by atoms with Gasteiger partial charge in [-0.05, 0) is 30.9 Å². The number of rotatable bonds is 6. The van der Waals surface area contributed by atoms with Gasteiger partial charge in [0.05, 0.1) is 6.61 Å². The molecule has 2 heterocycles. The Morgan fingerprint density at radius 2 is 2.19 bits per heavy atom. The van der Waals surface area contributed by atoms with E-state index in [0.29, 0.717) is 12.3 Å². The number of nitrogens with two attached hydrogens (primary N) is 1. The monoisotopic (exact) mass is 310 g/mol. The summed E-state index contributed by atoms with van der Waals surface area (Å²) in [6, 6.07) is 3.62. The summed E-state index contributed by atoms with van der Waals surface area (Å²) in [5.74, 6) is 1.16. The second-order valence-corrected chi connectivity index (χ2v) is 10.3.